The third kappa shape index (κ3) is 4.66. The number of benzene rings is 1. The van der Waals surface area contributed by atoms with E-state index >= 15 is 0 Å². The predicted octanol–water partition coefficient (Wildman–Crippen LogP) is 3.73. The second-order valence-electron chi connectivity index (χ2n) is 6.66. The average Bonchev–Trinajstić information content (AvgIpc) is 3.23. The summed E-state index contributed by atoms with van der Waals surface area (Å²) < 4.78 is 17.3. The van der Waals surface area contributed by atoms with Crippen LogP contribution in [0.5, 0.6) is 11.5 Å². The number of halogens is 1. The summed E-state index contributed by atoms with van der Waals surface area (Å²) in [5, 5.41) is 2.19. The molecule has 3 rings (SSSR count). The quantitative estimate of drug-likeness (QED) is 0.337. The molecule has 1 atom stereocenters. The summed E-state index contributed by atoms with van der Waals surface area (Å²) in [6.45, 7) is 3.90. The van der Waals surface area contributed by atoms with Crippen molar-refractivity contribution < 1.29 is 28.3 Å². The lowest BCUT2D eigenvalue weighted by molar-refractivity contribution is -0.130. The van der Waals surface area contributed by atoms with Crippen LogP contribution in [-0.2, 0) is 16.1 Å². The van der Waals surface area contributed by atoms with Crippen molar-refractivity contribution in [3.05, 3.63) is 51.0 Å². The molecule has 1 aliphatic heterocycles. The highest BCUT2D eigenvalue weighted by atomic mass is 127. The highest BCUT2D eigenvalue weighted by Crippen LogP contribution is 2.35. The highest BCUT2D eigenvalue weighted by Gasteiger charge is 2.36. The molecule has 1 aromatic carbocycles. The van der Waals surface area contributed by atoms with Gasteiger partial charge >= 0.3 is 6.03 Å². The van der Waals surface area contributed by atoms with Crippen LogP contribution >= 0.6 is 22.6 Å². The van der Waals surface area contributed by atoms with Crippen molar-refractivity contribution in [1.82, 2.24) is 10.2 Å². The van der Waals surface area contributed by atoms with Gasteiger partial charge in [0.2, 0.25) is 0 Å². The van der Waals surface area contributed by atoms with Gasteiger partial charge in [0.05, 0.1) is 29.6 Å². The molecule has 4 amide bonds. The van der Waals surface area contributed by atoms with Gasteiger partial charge in [0.25, 0.3) is 11.8 Å². The molecule has 30 heavy (non-hydrogen) atoms. The van der Waals surface area contributed by atoms with Gasteiger partial charge in [-0.3, -0.25) is 19.8 Å². The van der Waals surface area contributed by atoms with Crippen LogP contribution in [0.15, 0.2) is 40.5 Å². The number of carbonyl (C=O) groups is 3. The Bertz CT molecular complexity index is 999. The lowest BCUT2D eigenvalue weighted by Crippen LogP contribution is -2.53. The van der Waals surface area contributed by atoms with Crippen molar-refractivity contribution >= 4 is 46.5 Å². The first-order valence-electron chi connectivity index (χ1n) is 9.29. The van der Waals surface area contributed by atoms with E-state index in [2.05, 4.69) is 27.9 Å². The van der Waals surface area contributed by atoms with Crippen molar-refractivity contribution in [2.75, 3.05) is 7.11 Å². The Morgan fingerprint density at radius 2 is 2.07 bits per heavy atom. The van der Waals surface area contributed by atoms with Crippen molar-refractivity contribution in [1.29, 1.82) is 0 Å². The second kappa shape index (κ2) is 9.33. The summed E-state index contributed by atoms with van der Waals surface area (Å²) in [6, 6.07) is 5.97. The van der Waals surface area contributed by atoms with Gasteiger partial charge < -0.3 is 13.9 Å². The zero-order chi connectivity index (χ0) is 21.8. The zero-order valence-corrected chi connectivity index (χ0v) is 18.9. The molecule has 0 radical (unpaired) electrons. The van der Waals surface area contributed by atoms with Gasteiger partial charge in [0, 0.05) is 0 Å². The summed E-state index contributed by atoms with van der Waals surface area (Å²) in [7, 11) is 1.52. The number of urea groups is 1. The molecule has 1 N–H and O–H groups in total. The third-order valence-corrected chi connectivity index (χ3v) is 5.34. The summed E-state index contributed by atoms with van der Waals surface area (Å²) in [6.07, 6.45) is 3.71. The molecule has 0 bridgehead atoms. The minimum atomic E-state index is -0.789. The molecule has 0 unspecified atom stereocenters. The van der Waals surface area contributed by atoms with E-state index in [-0.39, 0.29) is 18.2 Å². The van der Waals surface area contributed by atoms with E-state index in [0.29, 0.717) is 22.8 Å². The number of nitrogens with zero attached hydrogens (tertiary/aromatic N) is 1. The maximum absolute atomic E-state index is 12.8. The maximum atomic E-state index is 12.8. The lowest BCUT2D eigenvalue weighted by Gasteiger charge is -2.25. The van der Waals surface area contributed by atoms with E-state index in [1.165, 1.54) is 19.4 Å². The van der Waals surface area contributed by atoms with Crippen LogP contribution in [0.4, 0.5) is 4.79 Å². The monoisotopic (exact) mass is 524 g/mol. The largest absolute Gasteiger partial charge is 0.493 e. The van der Waals surface area contributed by atoms with Crippen LogP contribution in [0.1, 0.15) is 31.6 Å². The number of barbiturate groups is 1. The minimum absolute atomic E-state index is 0.00323. The van der Waals surface area contributed by atoms with E-state index in [1.807, 2.05) is 13.8 Å². The number of rotatable bonds is 7. The SMILES string of the molecule is CC[C@H](C)Oc1c(I)cc(/C=C2\C(=O)NC(=O)N(Cc3ccco3)C2=O)cc1OC. The number of ether oxygens (including phenoxy) is 2. The number of furan rings is 1. The number of imide groups is 2. The lowest BCUT2D eigenvalue weighted by atomic mass is 10.1. The van der Waals surface area contributed by atoms with E-state index < -0.39 is 17.8 Å². The van der Waals surface area contributed by atoms with Crippen LogP contribution in [0.3, 0.4) is 0 Å². The Morgan fingerprint density at radius 1 is 1.30 bits per heavy atom. The van der Waals surface area contributed by atoms with Gasteiger partial charge in [-0.15, -0.1) is 0 Å². The Kier molecular flexibility index (Phi) is 6.80. The Morgan fingerprint density at radius 3 is 2.70 bits per heavy atom. The third-order valence-electron chi connectivity index (χ3n) is 4.54. The molecular formula is C21H21IN2O6. The van der Waals surface area contributed by atoms with Crippen LogP contribution in [0.25, 0.3) is 6.08 Å². The highest BCUT2D eigenvalue weighted by molar-refractivity contribution is 14.1. The van der Waals surface area contributed by atoms with E-state index in [1.54, 1.807) is 24.3 Å². The molecule has 0 aliphatic carbocycles. The first-order valence-corrected chi connectivity index (χ1v) is 10.4. The fourth-order valence-corrected chi connectivity index (χ4v) is 3.54. The fraction of sp³-hybridized carbons (Fsp3) is 0.286. The fourth-order valence-electron chi connectivity index (χ4n) is 2.78. The molecule has 2 heterocycles. The van der Waals surface area contributed by atoms with Crippen LogP contribution < -0.4 is 14.8 Å². The molecule has 0 saturated carbocycles. The number of hydrogen-bond donors (Lipinski definition) is 1. The van der Waals surface area contributed by atoms with Gasteiger partial charge in [0.1, 0.15) is 11.3 Å². The first-order chi connectivity index (χ1) is 14.3. The molecule has 1 aromatic heterocycles. The van der Waals surface area contributed by atoms with Gasteiger partial charge in [-0.2, -0.15) is 0 Å². The number of hydrogen-bond acceptors (Lipinski definition) is 6. The topological polar surface area (TPSA) is 98.1 Å². The van der Waals surface area contributed by atoms with Crippen molar-refractivity contribution in [3.63, 3.8) is 0 Å². The van der Waals surface area contributed by atoms with Gasteiger partial charge in [-0.1, -0.05) is 6.92 Å². The molecular weight excluding hydrogens is 503 g/mol. The van der Waals surface area contributed by atoms with Crippen molar-refractivity contribution in [2.24, 2.45) is 0 Å². The predicted molar refractivity (Wildman–Crippen MR) is 117 cm³/mol. The van der Waals surface area contributed by atoms with Crippen molar-refractivity contribution in [3.8, 4) is 11.5 Å². The maximum Gasteiger partial charge on any atom is 0.331 e. The average molecular weight is 524 g/mol. The number of methoxy groups -OCH3 is 1. The minimum Gasteiger partial charge on any atom is -0.493 e. The summed E-state index contributed by atoms with van der Waals surface area (Å²) in [5.74, 6) is 0.0588. The Labute approximate surface area is 187 Å². The summed E-state index contributed by atoms with van der Waals surface area (Å²) >= 11 is 2.11. The smallest absolute Gasteiger partial charge is 0.331 e. The van der Waals surface area contributed by atoms with E-state index in [9.17, 15) is 14.4 Å². The Balaban J connectivity index is 1.94. The molecule has 2 aromatic rings. The van der Waals surface area contributed by atoms with Crippen LogP contribution in [0, 0.1) is 3.57 Å². The van der Waals surface area contributed by atoms with E-state index in [4.69, 9.17) is 13.9 Å². The zero-order valence-electron chi connectivity index (χ0n) is 16.7. The van der Waals surface area contributed by atoms with Crippen LogP contribution in [0.2, 0.25) is 0 Å². The standard InChI is InChI=1S/C21H21IN2O6/c1-4-12(2)30-18-16(22)9-13(10-17(18)28-3)8-15-19(25)23-21(27)24(20(15)26)11-14-6-5-7-29-14/h5-10,12H,4,11H2,1-3H3,(H,23,25,27)/b15-8+/t12-/m0/s1. The molecule has 0 spiro atoms. The first kappa shape index (κ1) is 21.9. The Hall–Kier alpha value is -2.82. The molecule has 158 valence electrons. The molecule has 1 aliphatic rings. The molecule has 8 nitrogen and oxygen atoms in total. The molecule has 9 heteroatoms. The van der Waals surface area contributed by atoms with Gasteiger partial charge in [-0.25, -0.2) is 4.79 Å². The van der Waals surface area contributed by atoms with Crippen LogP contribution in [-0.4, -0.2) is 36.0 Å². The molecule has 1 fully saturated rings. The van der Waals surface area contributed by atoms with E-state index in [0.717, 1.165) is 14.9 Å². The number of carbonyl (C=O) groups excluding carboxylic acids is 3. The molecule has 1 saturated heterocycles. The normalized spacial score (nSPS) is 16.6. The number of nitrogens with one attached hydrogen (secondary N) is 1. The summed E-state index contributed by atoms with van der Waals surface area (Å²) in [5.41, 5.74) is 0.410. The van der Waals surface area contributed by atoms with Crippen molar-refractivity contribution in [2.45, 2.75) is 32.9 Å². The number of amides is 4. The second-order valence-corrected chi connectivity index (χ2v) is 7.82. The van der Waals surface area contributed by atoms with Gasteiger partial charge in [0.15, 0.2) is 11.5 Å². The van der Waals surface area contributed by atoms with Gasteiger partial charge in [-0.05, 0) is 71.8 Å². The summed E-state index contributed by atoms with van der Waals surface area (Å²) in [4.78, 5) is 38.2.